The van der Waals surface area contributed by atoms with Crippen LogP contribution >= 0.6 is 0 Å². The molecule has 0 aliphatic carbocycles. The van der Waals surface area contributed by atoms with Crippen LogP contribution in [0, 0.1) is 0 Å². The number of rotatable bonds is 3. The van der Waals surface area contributed by atoms with Crippen molar-refractivity contribution in [2.45, 2.75) is 25.9 Å². The Morgan fingerprint density at radius 3 is 2.50 bits per heavy atom. The van der Waals surface area contributed by atoms with Crippen molar-refractivity contribution in [3.05, 3.63) is 23.5 Å². The minimum atomic E-state index is -4.47. The van der Waals surface area contributed by atoms with Crippen LogP contribution in [-0.2, 0) is 11.0 Å². The van der Waals surface area contributed by atoms with Gasteiger partial charge in [-0.15, -0.1) is 0 Å². The van der Waals surface area contributed by atoms with E-state index < -0.39 is 17.8 Å². The van der Waals surface area contributed by atoms with Crippen LogP contribution < -0.4 is 4.90 Å². The maximum absolute atomic E-state index is 13.0. The van der Waals surface area contributed by atoms with Crippen molar-refractivity contribution in [1.29, 1.82) is 0 Å². The molecule has 0 atom stereocenters. The molecule has 1 aromatic rings. The predicted molar refractivity (Wildman–Crippen MR) is 83.1 cm³/mol. The number of alkyl halides is 3. The van der Waals surface area contributed by atoms with Gasteiger partial charge >= 0.3 is 12.3 Å². The van der Waals surface area contributed by atoms with Gasteiger partial charge in [0.05, 0.1) is 11.3 Å². The fraction of sp³-hybridized carbons (Fsp3) is 0.533. The Morgan fingerprint density at radius 2 is 1.96 bits per heavy atom. The first kappa shape index (κ1) is 18.0. The van der Waals surface area contributed by atoms with Gasteiger partial charge in [0.15, 0.2) is 0 Å². The topological polar surface area (TPSA) is 58.0 Å². The third-order valence-electron chi connectivity index (χ3n) is 3.61. The lowest BCUT2D eigenvalue weighted by molar-refractivity contribution is -0.137. The molecule has 0 saturated carbocycles. The Bertz CT molecular complexity index is 638. The van der Waals surface area contributed by atoms with Crippen LogP contribution in [0.4, 0.5) is 23.7 Å². The summed E-state index contributed by atoms with van der Waals surface area (Å²) >= 11 is 0. The van der Waals surface area contributed by atoms with Crippen molar-refractivity contribution < 1.29 is 22.8 Å². The highest BCUT2D eigenvalue weighted by molar-refractivity contribution is 6.01. The van der Waals surface area contributed by atoms with E-state index in [0.717, 1.165) is 25.1 Å². The van der Waals surface area contributed by atoms with E-state index in [2.05, 4.69) is 10.1 Å². The van der Waals surface area contributed by atoms with Crippen molar-refractivity contribution in [2.75, 3.05) is 32.1 Å². The van der Waals surface area contributed by atoms with Crippen LogP contribution in [0.2, 0.25) is 0 Å². The van der Waals surface area contributed by atoms with Crippen LogP contribution in [0.1, 0.15) is 31.0 Å². The van der Waals surface area contributed by atoms with Gasteiger partial charge in [-0.2, -0.15) is 13.2 Å². The molecule has 9 heteroatoms. The fourth-order valence-corrected chi connectivity index (χ4v) is 2.32. The first-order valence-corrected chi connectivity index (χ1v) is 7.45. The number of amides is 1. The van der Waals surface area contributed by atoms with Gasteiger partial charge in [-0.1, -0.05) is 5.16 Å². The summed E-state index contributed by atoms with van der Waals surface area (Å²) in [5.74, 6) is 0. The van der Waals surface area contributed by atoms with Gasteiger partial charge in [0.25, 0.3) is 0 Å². The van der Waals surface area contributed by atoms with E-state index >= 15 is 0 Å². The largest absolute Gasteiger partial charge is 0.435 e. The number of oxime groups is 1. The van der Waals surface area contributed by atoms with Gasteiger partial charge in [0.1, 0.15) is 11.4 Å². The smallest absolute Gasteiger partial charge is 0.370 e. The molecule has 6 nitrogen and oxygen atoms in total. The predicted octanol–water partition coefficient (Wildman–Crippen LogP) is 3.12. The Balaban J connectivity index is 2.37. The second kappa shape index (κ2) is 7.06. The van der Waals surface area contributed by atoms with E-state index in [0.29, 0.717) is 18.8 Å². The van der Waals surface area contributed by atoms with Crippen molar-refractivity contribution in [3.63, 3.8) is 0 Å². The molecule has 0 bridgehead atoms. The highest BCUT2D eigenvalue weighted by Crippen LogP contribution is 2.33. The minimum Gasteiger partial charge on any atom is -0.370 e. The zero-order valence-electron chi connectivity index (χ0n) is 13.7. The third kappa shape index (κ3) is 4.15. The average molecular weight is 344 g/mol. The van der Waals surface area contributed by atoms with Gasteiger partial charge in [0, 0.05) is 33.4 Å². The van der Waals surface area contributed by atoms with Gasteiger partial charge in [0.2, 0.25) is 0 Å². The SMILES string of the molecule is CC(=NOC(=O)N(C)C)c1ncc(C(F)(F)F)cc1N1CCCC1. The second-order valence-corrected chi connectivity index (χ2v) is 5.71. The number of hydrogen-bond donors (Lipinski definition) is 0. The maximum Gasteiger partial charge on any atom is 0.435 e. The standard InChI is InChI=1S/C15H19F3N4O2/c1-10(20-24-14(23)21(2)3)13-12(22-6-4-5-7-22)8-11(9-19-13)15(16,17)18/h8-9H,4-7H2,1-3H3. The molecule has 24 heavy (non-hydrogen) atoms. The third-order valence-corrected chi connectivity index (χ3v) is 3.61. The lowest BCUT2D eigenvalue weighted by Crippen LogP contribution is -2.23. The first-order valence-electron chi connectivity index (χ1n) is 7.45. The molecule has 0 radical (unpaired) electrons. The van der Waals surface area contributed by atoms with Crippen molar-refractivity contribution in [3.8, 4) is 0 Å². The second-order valence-electron chi connectivity index (χ2n) is 5.71. The Morgan fingerprint density at radius 1 is 1.33 bits per heavy atom. The monoisotopic (exact) mass is 344 g/mol. The van der Waals surface area contributed by atoms with Crippen molar-refractivity contribution in [1.82, 2.24) is 9.88 Å². The lowest BCUT2D eigenvalue weighted by Gasteiger charge is -2.22. The fourth-order valence-electron chi connectivity index (χ4n) is 2.32. The summed E-state index contributed by atoms with van der Waals surface area (Å²) in [5, 5.41) is 3.69. The summed E-state index contributed by atoms with van der Waals surface area (Å²) < 4.78 is 38.9. The number of nitrogens with zero attached hydrogens (tertiary/aromatic N) is 4. The zero-order chi connectivity index (χ0) is 17.9. The van der Waals surface area contributed by atoms with E-state index in [4.69, 9.17) is 4.84 Å². The van der Waals surface area contributed by atoms with E-state index in [9.17, 15) is 18.0 Å². The van der Waals surface area contributed by atoms with Crippen LogP contribution in [0.5, 0.6) is 0 Å². The van der Waals surface area contributed by atoms with Crippen LogP contribution in [0.3, 0.4) is 0 Å². The van der Waals surface area contributed by atoms with Gasteiger partial charge < -0.3 is 9.80 Å². The van der Waals surface area contributed by atoms with Crippen LogP contribution in [0.25, 0.3) is 0 Å². The number of aromatic nitrogens is 1. The van der Waals surface area contributed by atoms with Gasteiger partial charge in [-0.25, -0.2) is 4.79 Å². The zero-order valence-corrected chi connectivity index (χ0v) is 13.7. The quantitative estimate of drug-likeness (QED) is 0.480. The Hall–Kier alpha value is -2.32. The molecular weight excluding hydrogens is 325 g/mol. The molecule has 2 heterocycles. The molecule has 132 valence electrons. The summed E-state index contributed by atoms with van der Waals surface area (Å²) in [6, 6.07) is 1.07. The van der Waals surface area contributed by atoms with E-state index in [1.54, 1.807) is 0 Å². The number of carbonyl (C=O) groups is 1. The summed E-state index contributed by atoms with van der Waals surface area (Å²) in [6.07, 6.45) is -2.57. The Kier molecular flexibility index (Phi) is 5.30. The van der Waals surface area contributed by atoms with Gasteiger partial charge in [-0.05, 0) is 25.8 Å². The molecule has 1 aliphatic rings. The van der Waals surface area contributed by atoms with E-state index in [1.165, 1.54) is 25.9 Å². The number of halogens is 3. The highest BCUT2D eigenvalue weighted by Gasteiger charge is 2.33. The van der Waals surface area contributed by atoms with Crippen LogP contribution in [0.15, 0.2) is 17.4 Å². The number of carbonyl (C=O) groups excluding carboxylic acids is 1. The summed E-state index contributed by atoms with van der Waals surface area (Å²) in [5.41, 5.74) is 0.0491. The molecule has 1 aliphatic heterocycles. The number of hydrogen-bond acceptors (Lipinski definition) is 5. The molecule has 1 fully saturated rings. The first-order chi connectivity index (χ1) is 11.2. The molecule has 0 unspecified atom stereocenters. The molecule has 2 rings (SSSR count). The lowest BCUT2D eigenvalue weighted by atomic mass is 10.1. The molecular formula is C15H19F3N4O2. The van der Waals surface area contributed by atoms with E-state index in [-0.39, 0.29) is 11.4 Å². The molecule has 0 spiro atoms. The average Bonchev–Trinajstić information content (AvgIpc) is 3.04. The normalized spacial score (nSPS) is 15.6. The number of pyridine rings is 1. The number of anilines is 1. The molecule has 1 aromatic heterocycles. The molecule has 0 aromatic carbocycles. The highest BCUT2D eigenvalue weighted by atomic mass is 19.4. The van der Waals surface area contributed by atoms with Gasteiger partial charge in [-0.3, -0.25) is 9.82 Å². The minimum absolute atomic E-state index is 0.237. The van der Waals surface area contributed by atoms with Crippen molar-refractivity contribution >= 4 is 17.5 Å². The summed E-state index contributed by atoms with van der Waals surface area (Å²) in [6.45, 7) is 2.85. The molecule has 1 saturated heterocycles. The molecule has 1 amide bonds. The van der Waals surface area contributed by atoms with Crippen LogP contribution in [-0.4, -0.2) is 48.9 Å². The van der Waals surface area contributed by atoms with Crippen molar-refractivity contribution in [2.24, 2.45) is 5.16 Å². The maximum atomic E-state index is 13.0. The Labute approximate surface area is 137 Å². The summed E-state index contributed by atoms with van der Waals surface area (Å²) in [7, 11) is 3.00. The van der Waals surface area contributed by atoms with E-state index in [1.807, 2.05) is 4.90 Å². The molecule has 0 N–H and O–H groups in total. The summed E-state index contributed by atoms with van der Waals surface area (Å²) in [4.78, 5) is 23.1.